The van der Waals surface area contributed by atoms with Crippen LogP contribution in [0.1, 0.15) is 45.5 Å². The SMILES string of the molecule is Cc1ccc(CN2C(=O)c3ccccc3N[C@@]23CCCOc2ccc(C)cc23)cc1. The normalized spacial score (nSPS) is 20.1. The molecule has 152 valence electrons. The highest BCUT2D eigenvalue weighted by molar-refractivity contribution is 6.02. The lowest BCUT2D eigenvalue weighted by molar-refractivity contribution is 0.0443. The van der Waals surface area contributed by atoms with Gasteiger partial charge in [-0.25, -0.2) is 0 Å². The molecule has 2 heterocycles. The van der Waals surface area contributed by atoms with Crippen LogP contribution in [0.15, 0.2) is 66.7 Å². The van der Waals surface area contributed by atoms with Crippen LogP contribution in [0, 0.1) is 13.8 Å². The van der Waals surface area contributed by atoms with Crippen LogP contribution in [-0.2, 0) is 12.2 Å². The number of hydrogen-bond acceptors (Lipinski definition) is 3. The Morgan fingerprint density at radius 2 is 1.77 bits per heavy atom. The molecule has 3 aromatic carbocycles. The quantitative estimate of drug-likeness (QED) is 0.629. The Balaban J connectivity index is 1.70. The molecule has 1 spiro atoms. The molecule has 5 rings (SSSR count). The number of hydrogen-bond donors (Lipinski definition) is 1. The van der Waals surface area contributed by atoms with Crippen molar-refractivity contribution >= 4 is 11.6 Å². The maximum absolute atomic E-state index is 13.8. The van der Waals surface area contributed by atoms with Gasteiger partial charge in [0.2, 0.25) is 0 Å². The minimum atomic E-state index is -0.645. The molecule has 0 saturated carbocycles. The summed E-state index contributed by atoms with van der Waals surface area (Å²) >= 11 is 0. The molecule has 0 bridgehead atoms. The maximum atomic E-state index is 13.8. The fourth-order valence-corrected chi connectivity index (χ4v) is 4.62. The van der Waals surface area contributed by atoms with E-state index in [0.29, 0.717) is 13.2 Å². The van der Waals surface area contributed by atoms with Crippen LogP contribution in [0.5, 0.6) is 5.75 Å². The van der Waals surface area contributed by atoms with Gasteiger partial charge in [-0.05, 0) is 56.5 Å². The molecular weight excluding hydrogens is 372 g/mol. The van der Waals surface area contributed by atoms with Gasteiger partial charge in [0.1, 0.15) is 11.4 Å². The third-order valence-electron chi connectivity index (χ3n) is 6.19. The number of nitrogens with zero attached hydrogens (tertiary/aromatic N) is 1. The Kier molecular flexibility index (Phi) is 4.50. The molecule has 1 amide bonds. The number of anilines is 1. The Bertz CT molecular complexity index is 1110. The number of nitrogens with one attached hydrogen (secondary N) is 1. The molecule has 4 heteroatoms. The second kappa shape index (κ2) is 7.21. The van der Waals surface area contributed by atoms with Crippen molar-refractivity contribution in [3.63, 3.8) is 0 Å². The van der Waals surface area contributed by atoms with Crippen LogP contribution >= 0.6 is 0 Å². The van der Waals surface area contributed by atoms with Crippen molar-refractivity contribution < 1.29 is 9.53 Å². The molecule has 0 aromatic heterocycles. The van der Waals surface area contributed by atoms with E-state index in [1.54, 1.807) is 0 Å². The van der Waals surface area contributed by atoms with Gasteiger partial charge < -0.3 is 15.0 Å². The van der Waals surface area contributed by atoms with Crippen molar-refractivity contribution in [2.45, 2.75) is 38.9 Å². The lowest BCUT2D eigenvalue weighted by atomic mass is 9.87. The summed E-state index contributed by atoms with van der Waals surface area (Å²) in [5, 5.41) is 3.77. The first-order valence-corrected chi connectivity index (χ1v) is 10.6. The number of rotatable bonds is 2. The molecule has 1 atom stereocenters. The predicted molar refractivity (Wildman–Crippen MR) is 119 cm³/mol. The van der Waals surface area contributed by atoms with Crippen LogP contribution in [-0.4, -0.2) is 17.4 Å². The number of amides is 1. The summed E-state index contributed by atoms with van der Waals surface area (Å²) in [4.78, 5) is 15.8. The van der Waals surface area contributed by atoms with Crippen molar-refractivity contribution in [3.8, 4) is 5.75 Å². The molecule has 0 unspecified atom stereocenters. The smallest absolute Gasteiger partial charge is 0.258 e. The largest absolute Gasteiger partial charge is 0.493 e. The summed E-state index contributed by atoms with van der Waals surface area (Å²) in [5.74, 6) is 0.908. The van der Waals surface area contributed by atoms with Crippen molar-refractivity contribution in [2.24, 2.45) is 0 Å². The monoisotopic (exact) mass is 398 g/mol. The standard InChI is InChI=1S/C26H26N2O2/c1-18-8-11-20(12-9-18)17-28-25(29)21-6-3-4-7-23(21)27-26(28)14-5-15-30-24-13-10-19(2)16-22(24)26/h3-4,6-13,16,27H,5,14-15,17H2,1-2H3/t26-/m0/s1. The lowest BCUT2D eigenvalue weighted by Gasteiger charge is -2.48. The first kappa shape index (κ1) is 18.7. The zero-order valence-corrected chi connectivity index (χ0v) is 17.4. The maximum Gasteiger partial charge on any atom is 0.258 e. The molecule has 1 N–H and O–H groups in total. The van der Waals surface area contributed by atoms with E-state index in [0.717, 1.165) is 46.5 Å². The van der Waals surface area contributed by atoms with Gasteiger partial charge >= 0.3 is 0 Å². The van der Waals surface area contributed by atoms with Crippen LogP contribution in [0.2, 0.25) is 0 Å². The molecule has 30 heavy (non-hydrogen) atoms. The highest BCUT2D eigenvalue weighted by Crippen LogP contribution is 2.46. The Hall–Kier alpha value is -3.27. The molecule has 0 saturated heterocycles. The summed E-state index contributed by atoms with van der Waals surface area (Å²) in [5.41, 5.74) is 5.48. The van der Waals surface area contributed by atoms with Gasteiger partial charge in [0, 0.05) is 17.8 Å². The van der Waals surface area contributed by atoms with Gasteiger partial charge in [-0.3, -0.25) is 4.79 Å². The fourth-order valence-electron chi connectivity index (χ4n) is 4.62. The zero-order chi connectivity index (χ0) is 20.7. The summed E-state index contributed by atoms with van der Waals surface area (Å²) in [6.07, 6.45) is 1.65. The number of benzene rings is 3. The summed E-state index contributed by atoms with van der Waals surface area (Å²) in [6, 6.07) is 22.5. The van der Waals surface area contributed by atoms with Crippen molar-refractivity contribution in [1.29, 1.82) is 0 Å². The number of carbonyl (C=O) groups excluding carboxylic acids is 1. The average molecular weight is 399 g/mol. The average Bonchev–Trinajstić information content (AvgIpc) is 2.92. The molecule has 0 radical (unpaired) electrons. The van der Waals surface area contributed by atoms with E-state index in [2.05, 4.69) is 55.6 Å². The number of para-hydroxylation sites is 1. The van der Waals surface area contributed by atoms with E-state index < -0.39 is 5.66 Å². The number of carbonyl (C=O) groups is 1. The lowest BCUT2D eigenvalue weighted by Crippen LogP contribution is -2.57. The van der Waals surface area contributed by atoms with Gasteiger partial charge in [0.25, 0.3) is 5.91 Å². The van der Waals surface area contributed by atoms with E-state index in [1.807, 2.05) is 35.2 Å². The fraction of sp³-hybridized carbons (Fsp3) is 0.269. The topological polar surface area (TPSA) is 41.6 Å². The molecular formula is C26H26N2O2. The van der Waals surface area contributed by atoms with Gasteiger partial charge in [0.05, 0.1) is 12.2 Å². The highest BCUT2D eigenvalue weighted by atomic mass is 16.5. The molecule has 3 aromatic rings. The summed E-state index contributed by atoms with van der Waals surface area (Å²) < 4.78 is 6.09. The Morgan fingerprint density at radius 3 is 2.60 bits per heavy atom. The van der Waals surface area contributed by atoms with Crippen molar-refractivity contribution in [1.82, 2.24) is 4.90 Å². The van der Waals surface area contributed by atoms with Crippen molar-refractivity contribution in [2.75, 3.05) is 11.9 Å². The molecule has 0 fully saturated rings. The van der Waals surface area contributed by atoms with E-state index in [9.17, 15) is 4.79 Å². The minimum absolute atomic E-state index is 0.0549. The first-order valence-electron chi connectivity index (χ1n) is 10.6. The Labute approximate surface area is 177 Å². The predicted octanol–water partition coefficient (Wildman–Crippen LogP) is 5.40. The van der Waals surface area contributed by atoms with Gasteiger partial charge in [0.15, 0.2) is 0 Å². The molecule has 0 aliphatic carbocycles. The van der Waals surface area contributed by atoms with Gasteiger partial charge in [-0.1, -0.05) is 53.6 Å². The second-order valence-corrected chi connectivity index (χ2v) is 8.36. The van der Waals surface area contributed by atoms with Crippen LogP contribution in [0.25, 0.3) is 0 Å². The first-order chi connectivity index (χ1) is 14.6. The highest BCUT2D eigenvalue weighted by Gasteiger charge is 2.48. The number of aryl methyl sites for hydroxylation is 2. The van der Waals surface area contributed by atoms with E-state index in [4.69, 9.17) is 4.74 Å². The van der Waals surface area contributed by atoms with Crippen LogP contribution in [0.3, 0.4) is 0 Å². The zero-order valence-electron chi connectivity index (χ0n) is 17.4. The number of ether oxygens (including phenoxy) is 1. The Morgan fingerprint density at radius 1 is 1.00 bits per heavy atom. The van der Waals surface area contributed by atoms with E-state index in [1.165, 1.54) is 5.56 Å². The number of fused-ring (bicyclic) bond motifs is 3. The molecule has 2 aliphatic rings. The summed E-state index contributed by atoms with van der Waals surface area (Å²) in [6.45, 7) is 5.35. The van der Waals surface area contributed by atoms with Crippen LogP contribution in [0.4, 0.5) is 5.69 Å². The summed E-state index contributed by atoms with van der Waals surface area (Å²) in [7, 11) is 0. The second-order valence-electron chi connectivity index (χ2n) is 8.36. The molecule has 2 aliphatic heterocycles. The van der Waals surface area contributed by atoms with Gasteiger partial charge in [-0.2, -0.15) is 0 Å². The van der Waals surface area contributed by atoms with Crippen LogP contribution < -0.4 is 10.1 Å². The van der Waals surface area contributed by atoms with Crippen molar-refractivity contribution in [3.05, 3.63) is 94.5 Å². The third-order valence-corrected chi connectivity index (χ3v) is 6.19. The minimum Gasteiger partial charge on any atom is -0.493 e. The van der Waals surface area contributed by atoms with Gasteiger partial charge in [-0.15, -0.1) is 0 Å². The molecule has 4 nitrogen and oxygen atoms in total. The van der Waals surface area contributed by atoms with E-state index in [-0.39, 0.29) is 5.91 Å². The van der Waals surface area contributed by atoms with E-state index >= 15 is 0 Å². The third kappa shape index (κ3) is 3.04.